The number of aryl methyl sites for hydroxylation is 1. The van der Waals surface area contributed by atoms with Gasteiger partial charge in [-0.2, -0.15) is 0 Å². The lowest BCUT2D eigenvalue weighted by atomic mass is 10.0. The van der Waals surface area contributed by atoms with Crippen molar-refractivity contribution in [2.45, 2.75) is 43.6 Å². The third kappa shape index (κ3) is 3.22. The summed E-state index contributed by atoms with van der Waals surface area (Å²) in [6.07, 6.45) is 1.57. The molecule has 14 heavy (non-hydrogen) atoms. The van der Waals surface area contributed by atoms with Crippen LogP contribution in [0.2, 0.25) is 0 Å². The summed E-state index contributed by atoms with van der Waals surface area (Å²) in [5.41, 5.74) is -0.551. The molecule has 1 heterocycles. The molecule has 80 valence electrons. The first-order chi connectivity index (χ1) is 6.59. The quantitative estimate of drug-likeness (QED) is 0.792. The van der Waals surface area contributed by atoms with Gasteiger partial charge in [0.2, 0.25) is 0 Å². The predicted molar refractivity (Wildman–Crippen MR) is 60.9 cm³/mol. The van der Waals surface area contributed by atoms with Crippen molar-refractivity contribution >= 4 is 23.1 Å². The molecule has 0 aromatic carbocycles. The van der Waals surface area contributed by atoms with E-state index in [1.165, 1.54) is 0 Å². The van der Waals surface area contributed by atoms with Crippen LogP contribution < -0.4 is 0 Å². The van der Waals surface area contributed by atoms with Crippen LogP contribution in [0.3, 0.4) is 0 Å². The SMILES string of the molecule is CCC(O)(CC)CSc1nnc(C)s1. The Labute approximate surface area is 93.0 Å². The van der Waals surface area contributed by atoms with Crippen LogP contribution in [-0.4, -0.2) is 26.7 Å². The van der Waals surface area contributed by atoms with Crippen LogP contribution in [0.25, 0.3) is 0 Å². The average Bonchev–Trinajstić information content (AvgIpc) is 2.61. The van der Waals surface area contributed by atoms with Crippen LogP contribution in [0, 0.1) is 6.92 Å². The van der Waals surface area contributed by atoms with Gasteiger partial charge in [0, 0.05) is 5.75 Å². The molecule has 0 radical (unpaired) electrons. The Morgan fingerprint density at radius 1 is 1.36 bits per heavy atom. The number of thioether (sulfide) groups is 1. The Hall–Kier alpha value is -0.130. The second kappa shape index (κ2) is 5.09. The number of hydrogen-bond acceptors (Lipinski definition) is 5. The van der Waals surface area contributed by atoms with Gasteiger partial charge in [0.1, 0.15) is 5.01 Å². The van der Waals surface area contributed by atoms with Gasteiger partial charge in [0.15, 0.2) is 4.34 Å². The molecule has 1 N–H and O–H groups in total. The van der Waals surface area contributed by atoms with Crippen LogP contribution in [0.5, 0.6) is 0 Å². The maximum Gasteiger partial charge on any atom is 0.174 e. The second-order valence-electron chi connectivity index (χ2n) is 3.31. The molecule has 0 saturated heterocycles. The number of aliphatic hydroxyl groups is 1. The molecule has 0 atom stereocenters. The molecule has 0 fully saturated rings. The molecule has 0 saturated carbocycles. The Kier molecular flexibility index (Phi) is 4.34. The summed E-state index contributed by atoms with van der Waals surface area (Å²) in [6.45, 7) is 5.96. The number of rotatable bonds is 5. The van der Waals surface area contributed by atoms with Crippen LogP contribution in [-0.2, 0) is 0 Å². The zero-order valence-electron chi connectivity index (χ0n) is 8.78. The van der Waals surface area contributed by atoms with Crippen molar-refractivity contribution in [3.63, 3.8) is 0 Å². The lowest BCUT2D eigenvalue weighted by Crippen LogP contribution is -2.29. The van der Waals surface area contributed by atoms with Crippen molar-refractivity contribution in [1.82, 2.24) is 10.2 Å². The highest BCUT2D eigenvalue weighted by molar-refractivity contribution is 8.01. The topological polar surface area (TPSA) is 46.0 Å². The summed E-state index contributed by atoms with van der Waals surface area (Å²) in [4.78, 5) is 0. The van der Waals surface area contributed by atoms with Crippen molar-refractivity contribution in [2.75, 3.05) is 5.75 Å². The summed E-state index contributed by atoms with van der Waals surface area (Å²) in [6, 6.07) is 0. The molecule has 0 unspecified atom stereocenters. The molecule has 0 aliphatic heterocycles. The minimum Gasteiger partial charge on any atom is -0.389 e. The fourth-order valence-electron chi connectivity index (χ4n) is 0.987. The average molecular weight is 232 g/mol. The molecule has 0 aliphatic carbocycles. The largest absolute Gasteiger partial charge is 0.389 e. The molecule has 0 amide bonds. The zero-order valence-corrected chi connectivity index (χ0v) is 10.4. The first-order valence-corrected chi connectivity index (χ1v) is 6.55. The van der Waals surface area contributed by atoms with E-state index >= 15 is 0 Å². The van der Waals surface area contributed by atoms with Crippen LogP contribution in [0.1, 0.15) is 31.7 Å². The molecule has 0 aliphatic rings. The summed E-state index contributed by atoms with van der Waals surface area (Å²) in [5, 5.41) is 19.0. The highest BCUT2D eigenvalue weighted by Crippen LogP contribution is 2.28. The van der Waals surface area contributed by atoms with E-state index < -0.39 is 5.60 Å². The van der Waals surface area contributed by atoms with Crippen LogP contribution in [0.15, 0.2) is 4.34 Å². The van der Waals surface area contributed by atoms with Gasteiger partial charge < -0.3 is 5.11 Å². The van der Waals surface area contributed by atoms with Gasteiger partial charge in [-0.1, -0.05) is 36.9 Å². The lowest BCUT2D eigenvalue weighted by Gasteiger charge is -2.23. The summed E-state index contributed by atoms with van der Waals surface area (Å²) < 4.78 is 0.947. The van der Waals surface area contributed by atoms with E-state index in [0.29, 0.717) is 5.75 Å². The smallest absolute Gasteiger partial charge is 0.174 e. The third-order valence-corrected chi connectivity index (χ3v) is 4.54. The van der Waals surface area contributed by atoms with Gasteiger partial charge in [0.25, 0.3) is 0 Å². The standard InChI is InChI=1S/C9H16N2OS2/c1-4-9(12,5-2)6-13-8-11-10-7(3)14-8/h12H,4-6H2,1-3H3. The predicted octanol–water partition coefficient (Wildman–Crippen LogP) is 2.49. The van der Waals surface area contributed by atoms with E-state index in [9.17, 15) is 5.11 Å². The van der Waals surface area contributed by atoms with Gasteiger partial charge in [-0.05, 0) is 19.8 Å². The number of aromatic nitrogens is 2. The molecule has 1 rings (SSSR count). The van der Waals surface area contributed by atoms with E-state index in [1.807, 2.05) is 20.8 Å². The zero-order chi connectivity index (χ0) is 10.6. The van der Waals surface area contributed by atoms with E-state index in [2.05, 4.69) is 10.2 Å². The minimum absolute atomic E-state index is 0.551. The molecule has 3 nitrogen and oxygen atoms in total. The first-order valence-electron chi connectivity index (χ1n) is 4.75. The van der Waals surface area contributed by atoms with Gasteiger partial charge in [-0.15, -0.1) is 10.2 Å². The van der Waals surface area contributed by atoms with Crippen molar-refractivity contribution in [3.8, 4) is 0 Å². The highest BCUT2D eigenvalue weighted by atomic mass is 32.2. The fourth-order valence-corrected chi connectivity index (χ4v) is 3.08. The third-order valence-electron chi connectivity index (χ3n) is 2.29. The molecule has 1 aromatic heterocycles. The number of hydrogen-bond donors (Lipinski definition) is 1. The molecule has 1 aromatic rings. The fraction of sp³-hybridized carbons (Fsp3) is 0.778. The van der Waals surface area contributed by atoms with E-state index in [1.54, 1.807) is 23.1 Å². The Morgan fingerprint density at radius 2 is 2.00 bits per heavy atom. The van der Waals surface area contributed by atoms with Gasteiger partial charge >= 0.3 is 0 Å². The van der Waals surface area contributed by atoms with Crippen LogP contribution in [0.4, 0.5) is 0 Å². The Bertz CT molecular complexity index is 284. The Balaban J connectivity index is 2.47. The minimum atomic E-state index is -0.551. The summed E-state index contributed by atoms with van der Waals surface area (Å²) in [7, 11) is 0. The van der Waals surface area contributed by atoms with E-state index in [4.69, 9.17) is 0 Å². The van der Waals surface area contributed by atoms with Gasteiger partial charge in [0.05, 0.1) is 5.60 Å². The van der Waals surface area contributed by atoms with E-state index in [0.717, 1.165) is 22.2 Å². The summed E-state index contributed by atoms with van der Waals surface area (Å²) >= 11 is 3.17. The van der Waals surface area contributed by atoms with Gasteiger partial charge in [-0.25, -0.2) is 0 Å². The molecular weight excluding hydrogens is 216 g/mol. The molecular formula is C9H16N2OS2. The maximum absolute atomic E-state index is 10.0. The Morgan fingerprint density at radius 3 is 2.43 bits per heavy atom. The maximum atomic E-state index is 10.0. The monoisotopic (exact) mass is 232 g/mol. The second-order valence-corrected chi connectivity index (χ2v) is 5.71. The van der Waals surface area contributed by atoms with Gasteiger partial charge in [-0.3, -0.25) is 0 Å². The lowest BCUT2D eigenvalue weighted by molar-refractivity contribution is 0.0572. The molecule has 0 bridgehead atoms. The van der Waals surface area contributed by atoms with E-state index in [-0.39, 0.29) is 0 Å². The molecule has 0 spiro atoms. The number of nitrogens with zero attached hydrogens (tertiary/aromatic N) is 2. The molecule has 5 heteroatoms. The van der Waals surface area contributed by atoms with Crippen molar-refractivity contribution in [3.05, 3.63) is 5.01 Å². The summed E-state index contributed by atoms with van der Waals surface area (Å²) in [5.74, 6) is 0.703. The normalized spacial score (nSPS) is 12.0. The highest BCUT2D eigenvalue weighted by Gasteiger charge is 2.22. The van der Waals surface area contributed by atoms with Crippen molar-refractivity contribution in [2.24, 2.45) is 0 Å². The van der Waals surface area contributed by atoms with Crippen LogP contribution >= 0.6 is 23.1 Å². The van der Waals surface area contributed by atoms with Crippen molar-refractivity contribution in [1.29, 1.82) is 0 Å². The first kappa shape index (κ1) is 11.9. The van der Waals surface area contributed by atoms with Crippen molar-refractivity contribution < 1.29 is 5.11 Å².